The van der Waals surface area contributed by atoms with Crippen molar-refractivity contribution in [3.63, 3.8) is 0 Å². The minimum absolute atomic E-state index is 0.264. The molecule has 1 N–H and O–H groups in total. The van der Waals surface area contributed by atoms with Gasteiger partial charge in [0.15, 0.2) is 11.5 Å². The maximum absolute atomic E-state index is 6.19. The number of imidazole rings is 1. The van der Waals surface area contributed by atoms with Crippen LogP contribution in [0.4, 0.5) is 5.82 Å². The lowest BCUT2D eigenvalue weighted by molar-refractivity contribution is 0.174. The fraction of sp³-hybridized carbons (Fsp3) is 0.118. The van der Waals surface area contributed by atoms with Gasteiger partial charge >= 0.3 is 0 Å². The molecule has 0 saturated heterocycles. The van der Waals surface area contributed by atoms with E-state index in [1.807, 2.05) is 24.3 Å². The first-order chi connectivity index (χ1) is 12.8. The van der Waals surface area contributed by atoms with Gasteiger partial charge in [0.05, 0.1) is 9.72 Å². The average Bonchev–Trinajstić information content (AvgIpc) is 3.38. The van der Waals surface area contributed by atoms with Crippen LogP contribution < -0.4 is 14.8 Å². The fourth-order valence-corrected chi connectivity index (χ4v) is 3.83. The van der Waals surface area contributed by atoms with Crippen molar-refractivity contribution < 1.29 is 9.47 Å². The Morgan fingerprint density at radius 3 is 3.00 bits per heavy atom. The molecule has 0 bridgehead atoms. The second-order valence-electron chi connectivity index (χ2n) is 5.65. The summed E-state index contributed by atoms with van der Waals surface area (Å²) in [5.41, 5.74) is 1.06. The van der Waals surface area contributed by atoms with E-state index >= 15 is 0 Å². The van der Waals surface area contributed by atoms with Gasteiger partial charge in [0.25, 0.3) is 0 Å². The van der Waals surface area contributed by atoms with E-state index in [2.05, 4.69) is 20.3 Å². The molecule has 0 unspecified atom stereocenters. The number of aromatic nitrogens is 4. The summed E-state index contributed by atoms with van der Waals surface area (Å²) in [6, 6.07) is 7.75. The Labute approximate surface area is 157 Å². The van der Waals surface area contributed by atoms with Crippen molar-refractivity contribution in [2.24, 2.45) is 0 Å². The zero-order valence-electron chi connectivity index (χ0n) is 13.3. The normalized spacial score (nSPS) is 12.7. The molecule has 1 aliphatic rings. The number of benzene rings is 1. The van der Waals surface area contributed by atoms with E-state index in [1.54, 1.807) is 23.3 Å². The second-order valence-corrected chi connectivity index (χ2v) is 7.31. The van der Waals surface area contributed by atoms with Crippen LogP contribution in [0.3, 0.4) is 0 Å². The Morgan fingerprint density at radius 2 is 2.12 bits per heavy atom. The predicted octanol–water partition coefficient (Wildman–Crippen LogP) is 3.87. The zero-order valence-corrected chi connectivity index (χ0v) is 14.9. The molecule has 0 aliphatic carbocycles. The molecule has 0 spiro atoms. The molecule has 0 fully saturated rings. The van der Waals surface area contributed by atoms with E-state index in [0.29, 0.717) is 16.8 Å². The van der Waals surface area contributed by atoms with Crippen LogP contribution in [0.15, 0.2) is 43.0 Å². The molecule has 0 amide bonds. The minimum atomic E-state index is 0.264. The molecule has 1 aliphatic heterocycles. The third kappa shape index (κ3) is 2.73. The van der Waals surface area contributed by atoms with E-state index in [9.17, 15) is 0 Å². The molecular weight excluding hydrogens is 374 g/mol. The Kier molecular flexibility index (Phi) is 3.65. The van der Waals surface area contributed by atoms with Crippen molar-refractivity contribution in [1.29, 1.82) is 0 Å². The number of anilines is 1. The Morgan fingerprint density at radius 1 is 1.19 bits per heavy atom. The highest BCUT2D eigenvalue weighted by Crippen LogP contribution is 2.34. The van der Waals surface area contributed by atoms with Gasteiger partial charge in [-0.2, -0.15) is 4.98 Å². The summed E-state index contributed by atoms with van der Waals surface area (Å²) < 4.78 is 13.2. The number of hydrogen-bond acceptors (Lipinski definition) is 7. The van der Waals surface area contributed by atoms with Crippen molar-refractivity contribution in [2.45, 2.75) is 6.54 Å². The minimum Gasteiger partial charge on any atom is -0.454 e. The quantitative estimate of drug-likeness (QED) is 0.574. The summed E-state index contributed by atoms with van der Waals surface area (Å²) in [7, 11) is 0. The first-order valence-electron chi connectivity index (χ1n) is 7.84. The van der Waals surface area contributed by atoms with Crippen molar-refractivity contribution in [1.82, 2.24) is 19.5 Å². The fourth-order valence-electron chi connectivity index (χ4n) is 2.75. The van der Waals surface area contributed by atoms with Crippen LogP contribution in [0.1, 0.15) is 5.56 Å². The summed E-state index contributed by atoms with van der Waals surface area (Å²) in [6.07, 6.45) is 5.16. The molecule has 3 aromatic heterocycles. The number of thiophene rings is 1. The maximum Gasteiger partial charge on any atom is 0.238 e. The molecule has 4 heterocycles. The van der Waals surface area contributed by atoms with Gasteiger partial charge in [-0.15, -0.1) is 11.3 Å². The monoisotopic (exact) mass is 385 g/mol. The number of hydrogen-bond donors (Lipinski definition) is 1. The maximum atomic E-state index is 6.19. The summed E-state index contributed by atoms with van der Waals surface area (Å²) in [5, 5.41) is 4.27. The van der Waals surface area contributed by atoms with Gasteiger partial charge in [-0.1, -0.05) is 17.7 Å². The highest BCUT2D eigenvalue weighted by Gasteiger charge is 2.15. The highest BCUT2D eigenvalue weighted by atomic mass is 35.5. The molecule has 5 rings (SSSR count). The topological polar surface area (TPSA) is 74.1 Å². The average molecular weight is 386 g/mol. The Bertz CT molecular complexity index is 1100. The zero-order chi connectivity index (χ0) is 17.5. The predicted molar refractivity (Wildman–Crippen MR) is 99.4 cm³/mol. The van der Waals surface area contributed by atoms with Gasteiger partial charge < -0.3 is 14.8 Å². The van der Waals surface area contributed by atoms with Crippen LogP contribution in [0.2, 0.25) is 4.34 Å². The summed E-state index contributed by atoms with van der Waals surface area (Å²) in [4.78, 5) is 14.1. The van der Waals surface area contributed by atoms with Gasteiger partial charge in [0, 0.05) is 18.9 Å². The summed E-state index contributed by atoms with van der Waals surface area (Å²) in [5.74, 6) is 2.79. The highest BCUT2D eigenvalue weighted by molar-refractivity contribution is 7.22. The van der Waals surface area contributed by atoms with E-state index in [1.165, 1.54) is 11.3 Å². The van der Waals surface area contributed by atoms with Gasteiger partial charge in [0.1, 0.15) is 17.0 Å². The van der Waals surface area contributed by atoms with E-state index < -0.39 is 0 Å². The van der Waals surface area contributed by atoms with Crippen LogP contribution in [0, 0.1) is 0 Å². The molecular formula is C17H12ClN5O2S. The van der Waals surface area contributed by atoms with Crippen LogP contribution in [-0.2, 0) is 6.54 Å². The molecule has 26 heavy (non-hydrogen) atoms. The van der Waals surface area contributed by atoms with Gasteiger partial charge in [0.2, 0.25) is 12.7 Å². The second kappa shape index (κ2) is 6.15. The molecule has 9 heteroatoms. The van der Waals surface area contributed by atoms with Crippen molar-refractivity contribution >= 4 is 39.0 Å². The number of ether oxygens (including phenoxy) is 2. The third-order valence-electron chi connectivity index (χ3n) is 3.98. The van der Waals surface area contributed by atoms with Crippen molar-refractivity contribution in [3.8, 4) is 17.4 Å². The van der Waals surface area contributed by atoms with E-state index in [0.717, 1.165) is 33.1 Å². The SMILES string of the molecule is Clc1cc2c(NCc3ccc4c(c3)OCO4)nc(-n3ccnc3)nc2s1. The molecule has 7 nitrogen and oxygen atoms in total. The molecule has 0 radical (unpaired) electrons. The number of fused-ring (bicyclic) bond motifs is 2. The lowest BCUT2D eigenvalue weighted by atomic mass is 10.2. The summed E-state index contributed by atoms with van der Waals surface area (Å²) in [6.45, 7) is 0.847. The third-order valence-corrected chi connectivity index (χ3v) is 5.14. The van der Waals surface area contributed by atoms with Gasteiger partial charge in [-0.05, 0) is 23.8 Å². The standard InChI is InChI=1S/C17H12ClN5O2S/c18-14-6-11-15(20-7-10-1-2-12-13(5-10)25-9-24-12)21-17(22-16(11)26-14)23-4-3-19-8-23/h1-6,8H,7,9H2,(H,20,21,22). The van der Waals surface area contributed by atoms with Crippen LogP contribution >= 0.6 is 22.9 Å². The number of rotatable bonds is 4. The van der Waals surface area contributed by atoms with E-state index in [4.69, 9.17) is 21.1 Å². The first kappa shape index (κ1) is 15.4. The molecule has 0 atom stereocenters. The van der Waals surface area contributed by atoms with Gasteiger partial charge in [-0.25, -0.2) is 9.97 Å². The molecule has 4 aromatic rings. The molecule has 130 valence electrons. The van der Waals surface area contributed by atoms with Crippen molar-refractivity contribution in [2.75, 3.05) is 12.1 Å². The number of nitrogens with one attached hydrogen (secondary N) is 1. The lowest BCUT2D eigenvalue weighted by Crippen LogP contribution is -2.06. The van der Waals surface area contributed by atoms with Crippen LogP contribution in [-0.4, -0.2) is 26.3 Å². The van der Waals surface area contributed by atoms with E-state index in [-0.39, 0.29) is 6.79 Å². The number of halogens is 1. The largest absolute Gasteiger partial charge is 0.454 e. The first-order valence-corrected chi connectivity index (χ1v) is 9.03. The van der Waals surface area contributed by atoms with Gasteiger partial charge in [-0.3, -0.25) is 4.57 Å². The van der Waals surface area contributed by atoms with Crippen LogP contribution in [0.5, 0.6) is 11.5 Å². The molecule has 1 aromatic carbocycles. The Balaban J connectivity index is 1.49. The van der Waals surface area contributed by atoms with Crippen LogP contribution in [0.25, 0.3) is 16.2 Å². The Hall–Kier alpha value is -2.84. The smallest absolute Gasteiger partial charge is 0.238 e. The van der Waals surface area contributed by atoms with Crippen molar-refractivity contribution in [3.05, 3.63) is 52.9 Å². The lowest BCUT2D eigenvalue weighted by Gasteiger charge is -2.09. The summed E-state index contributed by atoms with van der Waals surface area (Å²) >= 11 is 7.61. The number of nitrogens with zero attached hydrogens (tertiary/aromatic N) is 4. The molecule has 0 saturated carbocycles.